The van der Waals surface area contributed by atoms with Gasteiger partial charge in [0.05, 0.1) is 29.5 Å². The van der Waals surface area contributed by atoms with Crippen molar-refractivity contribution in [1.82, 2.24) is 20.2 Å². The van der Waals surface area contributed by atoms with Crippen molar-refractivity contribution >= 4 is 23.1 Å². The number of hydrogen-bond donors (Lipinski definition) is 3. The minimum Gasteiger partial charge on any atom is -0.491 e. The van der Waals surface area contributed by atoms with E-state index >= 15 is 0 Å². The van der Waals surface area contributed by atoms with Gasteiger partial charge < -0.3 is 15.0 Å². The normalized spacial score (nSPS) is 10.8. The molecule has 0 aliphatic rings. The molecule has 1 aromatic carbocycles. The lowest BCUT2D eigenvalue weighted by atomic mass is 10.3. The van der Waals surface area contributed by atoms with E-state index in [0.29, 0.717) is 41.3 Å². The quantitative estimate of drug-likeness (QED) is 0.626. The summed E-state index contributed by atoms with van der Waals surface area (Å²) in [4.78, 5) is 17.9. The maximum Gasteiger partial charge on any atom is 0.211 e. The summed E-state index contributed by atoms with van der Waals surface area (Å²) in [7, 11) is 0. The van der Waals surface area contributed by atoms with Crippen molar-refractivity contribution in [3.05, 3.63) is 24.1 Å². The predicted octanol–water partition coefficient (Wildman–Crippen LogP) is 2.06. The van der Waals surface area contributed by atoms with E-state index in [0.717, 1.165) is 0 Å². The number of imidazole rings is 1. The van der Waals surface area contributed by atoms with Crippen LogP contribution in [0, 0.1) is 5.82 Å². The molecule has 3 rings (SSSR count). The van der Waals surface area contributed by atoms with Gasteiger partial charge in [-0.15, -0.1) is 0 Å². The first-order chi connectivity index (χ1) is 10.2. The molecule has 0 unspecified atom stereocenters. The summed E-state index contributed by atoms with van der Waals surface area (Å²) in [6.45, 7) is 2.15. The SMILES string of the molecule is CCOc1cc2nc(-c3[nH]ncc3NC=O)[nH]c2cc1F. The number of halogens is 1. The number of ether oxygens (including phenoxy) is 1. The molecule has 0 saturated heterocycles. The van der Waals surface area contributed by atoms with Gasteiger partial charge in [-0.05, 0) is 6.92 Å². The molecule has 0 fully saturated rings. The standard InChI is InChI=1S/C13H12FN5O2/c1-2-21-11-4-9-8(3-7(11)14)17-13(18-9)12-10(15-6-20)5-16-19-12/h3-6H,2H2,1H3,(H,15,20)(H,16,19)(H,17,18). The lowest BCUT2D eigenvalue weighted by Crippen LogP contribution is -1.94. The first kappa shape index (κ1) is 13.1. The summed E-state index contributed by atoms with van der Waals surface area (Å²) in [5, 5.41) is 9.09. The van der Waals surface area contributed by atoms with E-state index in [-0.39, 0.29) is 5.75 Å². The van der Waals surface area contributed by atoms with Gasteiger partial charge in [0.15, 0.2) is 17.4 Å². The molecule has 2 heterocycles. The fraction of sp³-hybridized carbons (Fsp3) is 0.154. The number of aromatic amines is 2. The van der Waals surface area contributed by atoms with Crippen LogP contribution >= 0.6 is 0 Å². The largest absolute Gasteiger partial charge is 0.491 e. The summed E-state index contributed by atoms with van der Waals surface area (Å²) in [5.41, 5.74) is 2.07. The van der Waals surface area contributed by atoms with E-state index in [2.05, 4.69) is 25.5 Å². The molecule has 0 bridgehead atoms. The van der Waals surface area contributed by atoms with Crippen molar-refractivity contribution in [2.75, 3.05) is 11.9 Å². The summed E-state index contributed by atoms with van der Waals surface area (Å²) >= 11 is 0. The number of aromatic nitrogens is 4. The van der Waals surface area contributed by atoms with Gasteiger partial charge in [-0.3, -0.25) is 9.89 Å². The topological polar surface area (TPSA) is 95.7 Å². The lowest BCUT2D eigenvalue weighted by molar-refractivity contribution is -0.105. The van der Waals surface area contributed by atoms with Crippen LogP contribution in [-0.2, 0) is 4.79 Å². The Balaban J connectivity index is 2.08. The second-order valence-corrected chi connectivity index (χ2v) is 4.24. The summed E-state index contributed by atoms with van der Waals surface area (Å²) in [6, 6.07) is 2.84. The Morgan fingerprint density at radius 2 is 2.33 bits per heavy atom. The summed E-state index contributed by atoms with van der Waals surface area (Å²) in [5.74, 6) is 0.134. The monoisotopic (exact) mass is 289 g/mol. The van der Waals surface area contributed by atoms with E-state index in [1.54, 1.807) is 6.92 Å². The zero-order chi connectivity index (χ0) is 14.8. The van der Waals surface area contributed by atoms with E-state index < -0.39 is 5.82 Å². The van der Waals surface area contributed by atoms with Gasteiger partial charge in [0.2, 0.25) is 6.41 Å². The third kappa shape index (κ3) is 2.31. The molecule has 0 aliphatic heterocycles. The van der Waals surface area contributed by atoms with Crippen LogP contribution in [0.3, 0.4) is 0 Å². The highest BCUT2D eigenvalue weighted by Gasteiger charge is 2.14. The molecule has 3 aromatic rings. The highest BCUT2D eigenvalue weighted by Crippen LogP contribution is 2.28. The molecule has 108 valence electrons. The molecule has 0 atom stereocenters. The predicted molar refractivity (Wildman–Crippen MR) is 74.5 cm³/mol. The molecule has 0 spiro atoms. The Kier molecular flexibility index (Phi) is 3.27. The van der Waals surface area contributed by atoms with Crippen LogP contribution in [0.1, 0.15) is 6.92 Å². The maximum atomic E-state index is 13.8. The fourth-order valence-electron chi connectivity index (χ4n) is 2.04. The van der Waals surface area contributed by atoms with Gasteiger partial charge in [0.1, 0.15) is 5.69 Å². The number of nitrogens with zero attached hydrogens (tertiary/aromatic N) is 2. The molecular formula is C13H12FN5O2. The van der Waals surface area contributed by atoms with Crippen molar-refractivity contribution < 1.29 is 13.9 Å². The zero-order valence-corrected chi connectivity index (χ0v) is 11.1. The van der Waals surface area contributed by atoms with Gasteiger partial charge >= 0.3 is 0 Å². The van der Waals surface area contributed by atoms with E-state index in [1.165, 1.54) is 18.3 Å². The smallest absolute Gasteiger partial charge is 0.211 e. The Morgan fingerprint density at radius 1 is 1.48 bits per heavy atom. The van der Waals surface area contributed by atoms with Crippen molar-refractivity contribution in [3.63, 3.8) is 0 Å². The molecule has 8 heteroatoms. The van der Waals surface area contributed by atoms with Gasteiger partial charge in [0, 0.05) is 12.1 Å². The number of amides is 1. The molecule has 21 heavy (non-hydrogen) atoms. The van der Waals surface area contributed by atoms with Crippen LogP contribution in [0.25, 0.3) is 22.6 Å². The third-order valence-corrected chi connectivity index (χ3v) is 2.93. The molecular weight excluding hydrogens is 277 g/mol. The number of benzene rings is 1. The van der Waals surface area contributed by atoms with Gasteiger partial charge in [-0.25, -0.2) is 9.37 Å². The molecule has 1 amide bonds. The Morgan fingerprint density at radius 3 is 3.10 bits per heavy atom. The number of nitrogens with one attached hydrogen (secondary N) is 3. The minimum absolute atomic E-state index is 0.152. The number of hydrogen-bond acceptors (Lipinski definition) is 4. The van der Waals surface area contributed by atoms with Gasteiger partial charge in [-0.1, -0.05) is 0 Å². The van der Waals surface area contributed by atoms with E-state index in [9.17, 15) is 9.18 Å². The van der Waals surface area contributed by atoms with Crippen molar-refractivity contribution in [3.8, 4) is 17.3 Å². The van der Waals surface area contributed by atoms with E-state index in [1.807, 2.05) is 0 Å². The second-order valence-electron chi connectivity index (χ2n) is 4.24. The third-order valence-electron chi connectivity index (χ3n) is 2.93. The molecule has 7 nitrogen and oxygen atoms in total. The number of rotatable bonds is 5. The Hall–Kier alpha value is -2.90. The highest BCUT2D eigenvalue weighted by molar-refractivity contribution is 5.85. The molecule has 0 aliphatic carbocycles. The number of fused-ring (bicyclic) bond motifs is 1. The average molecular weight is 289 g/mol. The molecule has 0 saturated carbocycles. The van der Waals surface area contributed by atoms with Crippen molar-refractivity contribution in [2.24, 2.45) is 0 Å². The van der Waals surface area contributed by atoms with E-state index in [4.69, 9.17) is 4.74 Å². The first-order valence-electron chi connectivity index (χ1n) is 6.29. The number of anilines is 1. The lowest BCUT2D eigenvalue weighted by Gasteiger charge is -2.03. The van der Waals surface area contributed by atoms with Crippen LogP contribution in [0.15, 0.2) is 18.3 Å². The van der Waals surface area contributed by atoms with Crippen LogP contribution in [0.5, 0.6) is 5.75 Å². The average Bonchev–Trinajstić information content (AvgIpc) is 3.06. The number of carbonyl (C=O) groups excluding carboxylic acids is 1. The van der Waals surface area contributed by atoms with Crippen LogP contribution in [-0.4, -0.2) is 33.2 Å². The Bertz CT molecular complexity index is 795. The number of H-pyrrole nitrogens is 2. The van der Waals surface area contributed by atoms with Crippen LogP contribution in [0.2, 0.25) is 0 Å². The molecule has 2 aromatic heterocycles. The molecule has 3 N–H and O–H groups in total. The van der Waals surface area contributed by atoms with Crippen molar-refractivity contribution in [1.29, 1.82) is 0 Å². The molecule has 0 radical (unpaired) electrons. The Labute approximate surface area is 118 Å². The van der Waals surface area contributed by atoms with Crippen LogP contribution < -0.4 is 10.1 Å². The van der Waals surface area contributed by atoms with Gasteiger partial charge in [0.25, 0.3) is 0 Å². The zero-order valence-electron chi connectivity index (χ0n) is 11.1. The highest BCUT2D eigenvalue weighted by atomic mass is 19.1. The number of carbonyl (C=O) groups is 1. The van der Waals surface area contributed by atoms with Gasteiger partial charge in [-0.2, -0.15) is 5.10 Å². The summed E-state index contributed by atoms with van der Waals surface area (Å²) in [6.07, 6.45) is 2.01. The fourth-order valence-corrected chi connectivity index (χ4v) is 2.04. The first-order valence-corrected chi connectivity index (χ1v) is 6.29. The van der Waals surface area contributed by atoms with Crippen molar-refractivity contribution in [2.45, 2.75) is 6.92 Å². The minimum atomic E-state index is -0.463. The van der Waals surface area contributed by atoms with Crippen LogP contribution in [0.4, 0.5) is 10.1 Å². The maximum absolute atomic E-state index is 13.8. The second kappa shape index (κ2) is 5.23. The summed E-state index contributed by atoms with van der Waals surface area (Å²) < 4.78 is 19.0.